The molecule has 1 unspecified atom stereocenters. The van der Waals surface area contributed by atoms with Crippen LogP contribution in [0, 0.1) is 0 Å². The van der Waals surface area contributed by atoms with Crippen LogP contribution in [0.15, 0.2) is 76.6 Å². The summed E-state index contributed by atoms with van der Waals surface area (Å²) in [6.45, 7) is 2.67. The largest absolute Gasteiger partial charge is 0.508 e. The maximum Gasteiger partial charge on any atom is 0.340 e. The first-order valence-electron chi connectivity index (χ1n) is 10.6. The van der Waals surface area contributed by atoms with E-state index in [1.54, 1.807) is 6.07 Å². The zero-order chi connectivity index (χ0) is 24.2. The molecule has 7 nitrogen and oxygen atoms in total. The van der Waals surface area contributed by atoms with Gasteiger partial charge >= 0.3 is 5.97 Å². The van der Waals surface area contributed by atoms with Crippen molar-refractivity contribution in [2.24, 2.45) is 5.73 Å². The van der Waals surface area contributed by atoms with Crippen molar-refractivity contribution in [3.05, 3.63) is 93.3 Å². The second-order valence-electron chi connectivity index (χ2n) is 7.55. The number of methoxy groups -OCH3 is 1. The van der Waals surface area contributed by atoms with Gasteiger partial charge < -0.3 is 29.8 Å². The highest BCUT2D eigenvalue weighted by Crippen LogP contribution is 2.48. The van der Waals surface area contributed by atoms with Gasteiger partial charge in [0, 0.05) is 16.1 Å². The molecule has 1 atom stereocenters. The van der Waals surface area contributed by atoms with Crippen LogP contribution in [0.4, 0.5) is 0 Å². The van der Waals surface area contributed by atoms with E-state index >= 15 is 0 Å². The van der Waals surface area contributed by atoms with Crippen LogP contribution in [0.5, 0.6) is 23.0 Å². The summed E-state index contributed by atoms with van der Waals surface area (Å²) < 4.78 is 23.3. The van der Waals surface area contributed by atoms with Gasteiger partial charge in [-0.05, 0) is 36.2 Å². The fourth-order valence-corrected chi connectivity index (χ4v) is 4.41. The molecule has 0 aromatic heterocycles. The Bertz CT molecular complexity index is 1240. The van der Waals surface area contributed by atoms with E-state index in [-0.39, 0.29) is 17.2 Å². The molecule has 0 bridgehead atoms. The third-order valence-corrected chi connectivity index (χ3v) is 6.09. The predicted octanol–water partition coefficient (Wildman–Crippen LogP) is 5.00. The summed E-state index contributed by atoms with van der Waals surface area (Å²) >= 11 is 3.64. The van der Waals surface area contributed by atoms with E-state index in [0.29, 0.717) is 46.1 Å². The van der Waals surface area contributed by atoms with Crippen LogP contribution in [-0.2, 0) is 16.1 Å². The molecule has 3 aromatic rings. The number of phenols is 1. The Balaban J connectivity index is 1.81. The van der Waals surface area contributed by atoms with Gasteiger partial charge in [0.2, 0.25) is 5.88 Å². The average Bonchev–Trinajstić information content (AvgIpc) is 2.83. The second kappa shape index (κ2) is 10.1. The quantitative estimate of drug-likeness (QED) is 0.418. The molecule has 0 saturated carbocycles. The highest BCUT2D eigenvalue weighted by molar-refractivity contribution is 9.10. The van der Waals surface area contributed by atoms with Crippen molar-refractivity contribution < 1.29 is 28.8 Å². The van der Waals surface area contributed by atoms with Gasteiger partial charge in [0.1, 0.15) is 23.7 Å². The number of benzene rings is 3. The minimum atomic E-state index is -0.631. The van der Waals surface area contributed by atoms with Crippen LogP contribution in [0.3, 0.4) is 0 Å². The van der Waals surface area contributed by atoms with Crippen LogP contribution in [0.25, 0.3) is 0 Å². The maximum absolute atomic E-state index is 12.7. The first kappa shape index (κ1) is 23.5. The molecule has 0 amide bonds. The number of ether oxygens (including phenoxy) is 4. The van der Waals surface area contributed by atoms with Crippen molar-refractivity contribution in [1.82, 2.24) is 0 Å². The fourth-order valence-electron chi connectivity index (χ4n) is 3.86. The summed E-state index contributed by atoms with van der Waals surface area (Å²) in [4.78, 5) is 12.7. The molecule has 0 spiro atoms. The Morgan fingerprint density at radius 1 is 1.06 bits per heavy atom. The Kier molecular flexibility index (Phi) is 6.98. The maximum atomic E-state index is 12.7. The lowest BCUT2D eigenvalue weighted by atomic mass is 9.82. The van der Waals surface area contributed by atoms with Gasteiger partial charge in [-0.3, -0.25) is 0 Å². The Hall–Kier alpha value is -3.65. The van der Waals surface area contributed by atoms with Crippen LogP contribution in [-0.4, -0.2) is 24.8 Å². The Morgan fingerprint density at radius 3 is 2.50 bits per heavy atom. The minimum Gasteiger partial charge on any atom is -0.508 e. The molecular weight excluding hydrogens is 502 g/mol. The smallest absolute Gasteiger partial charge is 0.340 e. The lowest BCUT2D eigenvalue weighted by Crippen LogP contribution is -2.27. The number of aromatic hydroxyl groups is 1. The molecular formula is C26H24BrNO6. The van der Waals surface area contributed by atoms with Gasteiger partial charge in [-0.2, -0.15) is 0 Å². The van der Waals surface area contributed by atoms with E-state index in [1.165, 1.54) is 19.2 Å². The summed E-state index contributed by atoms with van der Waals surface area (Å²) in [5.41, 5.74) is 8.67. The van der Waals surface area contributed by atoms with E-state index in [2.05, 4.69) is 15.9 Å². The van der Waals surface area contributed by atoms with E-state index in [1.807, 2.05) is 49.4 Å². The molecule has 0 saturated heterocycles. The van der Waals surface area contributed by atoms with Crippen LogP contribution < -0.4 is 19.9 Å². The normalized spacial score (nSPS) is 14.7. The van der Waals surface area contributed by atoms with Crippen molar-refractivity contribution in [3.8, 4) is 23.0 Å². The van der Waals surface area contributed by atoms with Gasteiger partial charge in [0.15, 0.2) is 11.5 Å². The van der Waals surface area contributed by atoms with Crippen LogP contribution in [0.2, 0.25) is 0 Å². The van der Waals surface area contributed by atoms with Crippen LogP contribution in [0.1, 0.15) is 29.5 Å². The number of carbonyl (C=O) groups excluding carboxylic acids is 1. The average molecular weight is 526 g/mol. The molecule has 176 valence electrons. The molecule has 0 radical (unpaired) electrons. The topological polar surface area (TPSA) is 100 Å². The van der Waals surface area contributed by atoms with E-state index < -0.39 is 11.9 Å². The predicted molar refractivity (Wildman–Crippen MR) is 130 cm³/mol. The monoisotopic (exact) mass is 525 g/mol. The Morgan fingerprint density at radius 2 is 1.79 bits per heavy atom. The molecule has 34 heavy (non-hydrogen) atoms. The molecule has 0 aliphatic carbocycles. The number of phenolic OH excluding ortho intramolecular Hbond substituents is 1. The molecule has 1 aliphatic rings. The molecule has 3 aromatic carbocycles. The number of hydrogen-bond donors (Lipinski definition) is 2. The highest BCUT2D eigenvalue weighted by atomic mass is 79.9. The van der Waals surface area contributed by atoms with Gasteiger partial charge in [0.25, 0.3) is 0 Å². The van der Waals surface area contributed by atoms with Gasteiger partial charge in [-0.15, -0.1) is 0 Å². The van der Waals surface area contributed by atoms with E-state index in [0.717, 1.165) is 5.56 Å². The standard InChI is InChI=1S/C26H24BrNO6/c1-3-32-21-12-18(19(27)13-22(21)33-14-15-7-5-4-6-8-15)23-17-10-9-16(29)11-20(17)34-25(28)24(23)26(30)31-2/h4-13,23,29H,3,14,28H2,1-2H3. The molecule has 8 heteroatoms. The van der Waals surface area contributed by atoms with Crippen LogP contribution >= 0.6 is 15.9 Å². The van der Waals surface area contributed by atoms with E-state index in [9.17, 15) is 9.90 Å². The SMILES string of the molecule is CCOc1cc(C2C(C(=O)OC)=C(N)Oc3cc(O)ccc32)c(Br)cc1OCc1ccccc1. The summed E-state index contributed by atoms with van der Waals surface area (Å²) in [6, 6.07) is 18.1. The fraction of sp³-hybridized carbons (Fsp3) is 0.192. The summed E-state index contributed by atoms with van der Waals surface area (Å²) in [5, 5.41) is 9.94. The number of esters is 1. The van der Waals surface area contributed by atoms with E-state index in [4.69, 9.17) is 24.7 Å². The van der Waals surface area contributed by atoms with Gasteiger partial charge in [0.05, 0.1) is 19.6 Å². The lowest BCUT2D eigenvalue weighted by molar-refractivity contribution is -0.136. The van der Waals surface area contributed by atoms with Gasteiger partial charge in [-0.1, -0.05) is 52.3 Å². The van der Waals surface area contributed by atoms with Gasteiger partial charge in [-0.25, -0.2) is 4.79 Å². The molecule has 4 rings (SSSR count). The zero-order valence-electron chi connectivity index (χ0n) is 18.7. The first-order chi connectivity index (χ1) is 16.4. The van der Waals surface area contributed by atoms with Crippen molar-refractivity contribution in [1.29, 1.82) is 0 Å². The lowest BCUT2D eigenvalue weighted by Gasteiger charge is -2.29. The number of rotatable bonds is 7. The Labute approximate surface area is 205 Å². The van der Waals surface area contributed by atoms with Crippen molar-refractivity contribution in [2.45, 2.75) is 19.4 Å². The zero-order valence-corrected chi connectivity index (χ0v) is 20.3. The third kappa shape index (κ3) is 4.68. The van der Waals surface area contributed by atoms with Crippen molar-refractivity contribution in [3.63, 3.8) is 0 Å². The number of fused-ring (bicyclic) bond motifs is 1. The number of carbonyl (C=O) groups is 1. The molecule has 1 heterocycles. The number of nitrogens with two attached hydrogens (primary N) is 1. The minimum absolute atomic E-state index is 0.0190. The second-order valence-corrected chi connectivity index (χ2v) is 8.41. The molecule has 3 N–H and O–H groups in total. The third-order valence-electron chi connectivity index (χ3n) is 5.40. The number of halogens is 1. The van der Waals surface area contributed by atoms with Crippen molar-refractivity contribution >= 4 is 21.9 Å². The summed E-state index contributed by atoms with van der Waals surface area (Å²) in [5.74, 6) is 0.102. The highest BCUT2D eigenvalue weighted by Gasteiger charge is 2.37. The number of hydrogen-bond acceptors (Lipinski definition) is 7. The molecule has 1 aliphatic heterocycles. The first-order valence-corrected chi connectivity index (χ1v) is 11.4. The summed E-state index contributed by atoms with van der Waals surface area (Å²) in [7, 11) is 1.28. The summed E-state index contributed by atoms with van der Waals surface area (Å²) in [6.07, 6.45) is 0. The van der Waals surface area contributed by atoms with Crippen molar-refractivity contribution in [2.75, 3.05) is 13.7 Å². The molecule has 0 fully saturated rings.